The summed E-state index contributed by atoms with van der Waals surface area (Å²) in [6.45, 7) is 1.74. The summed E-state index contributed by atoms with van der Waals surface area (Å²) < 4.78 is 23.7. The van der Waals surface area contributed by atoms with Crippen LogP contribution in [0.2, 0.25) is 0 Å². The highest BCUT2D eigenvalue weighted by molar-refractivity contribution is 5.75. The molecule has 0 heterocycles. The normalized spacial score (nSPS) is 12.8. The van der Waals surface area contributed by atoms with Gasteiger partial charge in [-0.2, -0.15) is 0 Å². The standard InChI is InChI=1S/C11H21F2NO2/c1-2-3-4-5-6-7-10(16)14-8-9(15)11(12)13/h9,11,15H,2-8H2,1H3,(H,14,16). The van der Waals surface area contributed by atoms with Crippen LogP contribution in [0.4, 0.5) is 8.78 Å². The van der Waals surface area contributed by atoms with Crippen molar-refractivity contribution < 1.29 is 18.7 Å². The zero-order valence-electron chi connectivity index (χ0n) is 9.72. The molecule has 0 saturated carbocycles. The van der Waals surface area contributed by atoms with Crippen molar-refractivity contribution in [3.05, 3.63) is 0 Å². The first-order valence-corrected chi connectivity index (χ1v) is 5.80. The number of rotatable bonds is 9. The number of halogens is 2. The predicted molar refractivity (Wildman–Crippen MR) is 58.4 cm³/mol. The third kappa shape index (κ3) is 8.59. The van der Waals surface area contributed by atoms with Crippen molar-refractivity contribution in [1.82, 2.24) is 5.32 Å². The molecule has 0 spiro atoms. The maximum absolute atomic E-state index is 11.9. The largest absolute Gasteiger partial charge is 0.385 e. The second-order valence-corrected chi connectivity index (χ2v) is 3.87. The van der Waals surface area contributed by atoms with Gasteiger partial charge in [-0.25, -0.2) is 8.78 Å². The number of alkyl halides is 2. The van der Waals surface area contributed by atoms with Crippen LogP contribution in [0.25, 0.3) is 0 Å². The Kier molecular flexibility index (Phi) is 9.09. The SMILES string of the molecule is CCCCCCCC(=O)NCC(O)C(F)F. The second kappa shape index (κ2) is 9.51. The third-order valence-corrected chi connectivity index (χ3v) is 2.31. The number of carbonyl (C=O) groups is 1. The molecule has 0 aliphatic rings. The van der Waals surface area contributed by atoms with Crippen molar-refractivity contribution in [2.45, 2.75) is 58.0 Å². The molecule has 0 aromatic carbocycles. The van der Waals surface area contributed by atoms with E-state index < -0.39 is 12.5 Å². The lowest BCUT2D eigenvalue weighted by atomic mass is 10.1. The highest BCUT2D eigenvalue weighted by Crippen LogP contribution is 2.05. The molecule has 16 heavy (non-hydrogen) atoms. The first-order chi connectivity index (χ1) is 7.57. The van der Waals surface area contributed by atoms with E-state index in [-0.39, 0.29) is 12.5 Å². The fraction of sp³-hybridized carbons (Fsp3) is 0.909. The minimum Gasteiger partial charge on any atom is -0.385 e. The van der Waals surface area contributed by atoms with E-state index in [2.05, 4.69) is 12.2 Å². The number of amides is 1. The molecule has 0 radical (unpaired) electrons. The highest BCUT2D eigenvalue weighted by atomic mass is 19.3. The van der Waals surface area contributed by atoms with Crippen LogP contribution in [0.15, 0.2) is 0 Å². The Morgan fingerprint density at radius 1 is 1.25 bits per heavy atom. The molecule has 2 N–H and O–H groups in total. The van der Waals surface area contributed by atoms with Gasteiger partial charge in [0, 0.05) is 13.0 Å². The summed E-state index contributed by atoms with van der Waals surface area (Å²) in [5.74, 6) is -0.267. The van der Waals surface area contributed by atoms with Crippen LogP contribution in [0.5, 0.6) is 0 Å². The van der Waals surface area contributed by atoms with E-state index in [1.807, 2.05) is 0 Å². The summed E-state index contributed by atoms with van der Waals surface area (Å²) in [4.78, 5) is 11.1. The molecule has 0 aromatic rings. The van der Waals surface area contributed by atoms with Crippen LogP contribution in [-0.2, 0) is 4.79 Å². The average Bonchev–Trinajstić information content (AvgIpc) is 2.25. The molecular weight excluding hydrogens is 216 g/mol. The maximum Gasteiger partial charge on any atom is 0.265 e. The summed E-state index contributed by atoms with van der Waals surface area (Å²) in [5, 5.41) is 11.0. The Hall–Kier alpha value is -0.710. The van der Waals surface area contributed by atoms with Gasteiger partial charge in [-0.1, -0.05) is 32.6 Å². The summed E-state index contributed by atoms with van der Waals surface area (Å²) >= 11 is 0. The van der Waals surface area contributed by atoms with Crippen LogP contribution in [0.1, 0.15) is 45.4 Å². The van der Waals surface area contributed by atoms with E-state index in [0.717, 1.165) is 32.1 Å². The lowest BCUT2D eigenvalue weighted by Crippen LogP contribution is -2.35. The van der Waals surface area contributed by atoms with Gasteiger partial charge in [0.1, 0.15) is 6.10 Å². The maximum atomic E-state index is 11.9. The zero-order valence-corrected chi connectivity index (χ0v) is 9.72. The third-order valence-electron chi connectivity index (χ3n) is 2.31. The molecule has 96 valence electrons. The second-order valence-electron chi connectivity index (χ2n) is 3.87. The van der Waals surface area contributed by atoms with Gasteiger partial charge >= 0.3 is 0 Å². The topological polar surface area (TPSA) is 49.3 Å². The number of nitrogens with one attached hydrogen (secondary N) is 1. The lowest BCUT2D eigenvalue weighted by Gasteiger charge is -2.10. The Bertz CT molecular complexity index is 189. The molecule has 1 amide bonds. The van der Waals surface area contributed by atoms with Gasteiger partial charge in [0.05, 0.1) is 0 Å². The van der Waals surface area contributed by atoms with E-state index in [9.17, 15) is 13.6 Å². The summed E-state index contributed by atoms with van der Waals surface area (Å²) in [5.41, 5.74) is 0. The van der Waals surface area contributed by atoms with Gasteiger partial charge in [-0.05, 0) is 6.42 Å². The van der Waals surface area contributed by atoms with E-state index in [1.165, 1.54) is 0 Å². The van der Waals surface area contributed by atoms with Gasteiger partial charge in [0.2, 0.25) is 5.91 Å². The monoisotopic (exact) mass is 237 g/mol. The molecule has 1 atom stereocenters. The summed E-state index contributed by atoms with van der Waals surface area (Å²) in [7, 11) is 0. The summed E-state index contributed by atoms with van der Waals surface area (Å²) in [6.07, 6.45) is 0.950. The van der Waals surface area contributed by atoms with E-state index in [1.54, 1.807) is 0 Å². The van der Waals surface area contributed by atoms with Crippen molar-refractivity contribution in [2.75, 3.05) is 6.54 Å². The Labute approximate surface area is 95.2 Å². The number of carbonyl (C=O) groups excluding carboxylic acids is 1. The molecule has 0 fully saturated rings. The van der Waals surface area contributed by atoms with Crippen LogP contribution in [-0.4, -0.2) is 30.1 Å². The molecule has 0 aliphatic heterocycles. The Morgan fingerprint density at radius 3 is 2.44 bits per heavy atom. The van der Waals surface area contributed by atoms with Crippen LogP contribution >= 0.6 is 0 Å². The van der Waals surface area contributed by atoms with Crippen molar-refractivity contribution in [3.8, 4) is 0 Å². The molecule has 0 rings (SSSR count). The van der Waals surface area contributed by atoms with E-state index in [0.29, 0.717) is 6.42 Å². The van der Waals surface area contributed by atoms with Crippen molar-refractivity contribution >= 4 is 5.91 Å². The van der Waals surface area contributed by atoms with Gasteiger partial charge in [-0.15, -0.1) is 0 Å². The molecule has 3 nitrogen and oxygen atoms in total. The summed E-state index contributed by atoms with van der Waals surface area (Å²) in [6, 6.07) is 0. The minimum atomic E-state index is -2.80. The number of hydrogen-bond donors (Lipinski definition) is 2. The van der Waals surface area contributed by atoms with E-state index >= 15 is 0 Å². The molecule has 0 aliphatic carbocycles. The fourth-order valence-corrected chi connectivity index (χ4v) is 1.28. The minimum absolute atomic E-state index is 0.267. The van der Waals surface area contributed by atoms with Gasteiger partial charge < -0.3 is 10.4 Å². The highest BCUT2D eigenvalue weighted by Gasteiger charge is 2.16. The lowest BCUT2D eigenvalue weighted by molar-refractivity contribution is -0.122. The van der Waals surface area contributed by atoms with Crippen LogP contribution in [0, 0.1) is 0 Å². The first kappa shape index (κ1) is 15.3. The van der Waals surface area contributed by atoms with Gasteiger partial charge in [0.15, 0.2) is 0 Å². The fourth-order valence-electron chi connectivity index (χ4n) is 1.28. The van der Waals surface area contributed by atoms with Gasteiger partial charge in [-0.3, -0.25) is 4.79 Å². The molecule has 0 saturated heterocycles. The Balaban J connectivity index is 3.38. The number of hydrogen-bond acceptors (Lipinski definition) is 2. The zero-order chi connectivity index (χ0) is 12.4. The number of unbranched alkanes of at least 4 members (excludes halogenated alkanes) is 4. The molecule has 0 bridgehead atoms. The van der Waals surface area contributed by atoms with E-state index in [4.69, 9.17) is 5.11 Å². The predicted octanol–water partition coefficient (Wildman–Crippen LogP) is 2.09. The van der Waals surface area contributed by atoms with Crippen molar-refractivity contribution in [3.63, 3.8) is 0 Å². The Morgan fingerprint density at radius 2 is 1.88 bits per heavy atom. The molecule has 1 unspecified atom stereocenters. The van der Waals surface area contributed by atoms with Crippen molar-refractivity contribution in [1.29, 1.82) is 0 Å². The van der Waals surface area contributed by atoms with Crippen LogP contribution < -0.4 is 5.32 Å². The molecule has 0 aromatic heterocycles. The first-order valence-electron chi connectivity index (χ1n) is 5.80. The number of aliphatic hydroxyl groups is 1. The molecule has 5 heteroatoms. The smallest absolute Gasteiger partial charge is 0.265 e. The van der Waals surface area contributed by atoms with Gasteiger partial charge in [0.25, 0.3) is 6.43 Å². The molecular formula is C11H21F2NO2. The van der Waals surface area contributed by atoms with Crippen LogP contribution in [0.3, 0.4) is 0 Å². The average molecular weight is 237 g/mol. The number of aliphatic hydroxyl groups excluding tert-OH is 1. The van der Waals surface area contributed by atoms with Crippen molar-refractivity contribution in [2.24, 2.45) is 0 Å². The quantitative estimate of drug-likeness (QED) is 0.603.